The predicted molar refractivity (Wildman–Crippen MR) is 83.2 cm³/mol. The molecule has 0 aromatic carbocycles. The smallest absolute Gasteiger partial charge is 0.155 e. The van der Waals surface area contributed by atoms with Crippen LogP contribution in [0.3, 0.4) is 0 Å². The number of ketones is 2. The molecule has 0 spiro atoms. The second kappa shape index (κ2) is 4.77. The number of carbonyl (C=O) groups is 2. The summed E-state index contributed by atoms with van der Waals surface area (Å²) in [4.78, 5) is 24.3. The van der Waals surface area contributed by atoms with Crippen molar-refractivity contribution < 1.29 is 14.7 Å². The Balaban J connectivity index is 1.72. The minimum Gasteiger partial charge on any atom is -0.389 e. The lowest BCUT2D eigenvalue weighted by molar-refractivity contribution is -0.136. The first-order valence-electron chi connectivity index (χ1n) is 8.90. The molecule has 5 atom stereocenters. The van der Waals surface area contributed by atoms with Gasteiger partial charge in [-0.25, -0.2) is 0 Å². The summed E-state index contributed by atoms with van der Waals surface area (Å²) in [6, 6.07) is 0. The van der Waals surface area contributed by atoms with Crippen molar-refractivity contribution in [2.75, 3.05) is 0 Å². The largest absolute Gasteiger partial charge is 0.389 e. The first-order valence-corrected chi connectivity index (χ1v) is 8.90. The van der Waals surface area contributed by atoms with Gasteiger partial charge in [0.25, 0.3) is 0 Å². The highest BCUT2D eigenvalue weighted by molar-refractivity contribution is 5.90. The minimum atomic E-state index is -0.716. The van der Waals surface area contributed by atoms with Crippen molar-refractivity contribution in [1.82, 2.24) is 0 Å². The normalized spacial score (nSPS) is 48.1. The summed E-state index contributed by atoms with van der Waals surface area (Å²) >= 11 is 0. The first kappa shape index (κ1) is 14.6. The molecule has 4 rings (SSSR count). The predicted octanol–water partition coefficient (Wildman–Crippen LogP) is 3.20. The van der Waals surface area contributed by atoms with Gasteiger partial charge in [-0.15, -0.1) is 0 Å². The lowest BCUT2D eigenvalue weighted by atomic mass is 9.56. The standard InChI is InChI=1S/C19H26O3/c1-18-8-7-16-14(15(18)4-5-17(18)21)3-2-12-10-13(20)6-9-19(16,22)11-12/h10,14-16,22H,2-9,11H2,1H3/t14-,15-,16-,18-,19+/m0/s1. The highest BCUT2D eigenvalue weighted by Gasteiger charge is 2.58. The summed E-state index contributed by atoms with van der Waals surface area (Å²) in [6.07, 6.45) is 9.12. The molecule has 0 heterocycles. The van der Waals surface area contributed by atoms with Gasteiger partial charge in [-0.2, -0.15) is 0 Å². The average Bonchev–Trinajstić information content (AvgIpc) is 2.61. The van der Waals surface area contributed by atoms with E-state index in [-0.39, 0.29) is 17.1 Å². The fraction of sp³-hybridized carbons (Fsp3) is 0.789. The minimum absolute atomic E-state index is 0.143. The zero-order valence-corrected chi connectivity index (χ0v) is 13.4. The Labute approximate surface area is 132 Å². The molecule has 3 heteroatoms. The van der Waals surface area contributed by atoms with Gasteiger partial charge in [0.2, 0.25) is 0 Å². The molecule has 3 fully saturated rings. The molecule has 0 aromatic heterocycles. The molecule has 0 radical (unpaired) electrons. The third-order valence-electron chi connectivity index (χ3n) is 7.34. The summed E-state index contributed by atoms with van der Waals surface area (Å²) in [5.41, 5.74) is 0.285. The third-order valence-corrected chi connectivity index (χ3v) is 7.34. The van der Waals surface area contributed by atoms with Crippen LogP contribution in [0.1, 0.15) is 64.7 Å². The molecule has 3 saturated carbocycles. The molecule has 0 unspecified atom stereocenters. The van der Waals surface area contributed by atoms with Gasteiger partial charge in [-0.05, 0) is 68.8 Å². The number of Topliss-reactive ketones (excluding diaryl/α,β-unsaturated/α-hetero) is 1. The van der Waals surface area contributed by atoms with E-state index >= 15 is 0 Å². The van der Waals surface area contributed by atoms with E-state index in [4.69, 9.17) is 0 Å². The molecule has 0 aliphatic heterocycles. The van der Waals surface area contributed by atoms with E-state index in [1.165, 1.54) is 0 Å². The molecule has 1 N–H and O–H groups in total. The van der Waals surface area contributed by atoms with Crippen LogP contribution in [0, 0.1) is 23.2 Å². The van der Waals surface area contributed by atoms with Crippen LogP contribution in [0.5, 0.6) is 0 Å². The number of aliphatic hydroxyl groups is 1. The van der Waals surface area contributed by atoms with E-state index in [1.807, 2.05) is 0 Å². The summed E-state index contributed by atoms with van der Waals surface area (Å²) < 4.78 is 0. The Morgan fingerprint density at radius 2 is 1.86 bits per heavy atom. The molecule has 22 heavy (non-hydrogen) atoms. The molecular weight excluding hydrogens is 276 g/mol. The molecule has 3 nitrogen and oxygen atoms in total. The molecule has 120 valence electrons. The van der Waals surface area contributed by atoms with Crippen LogP contribution in [0.4, 0.5) is 0 Å². The lowest BCUT2D eigenvalue weighted by Crippen LogP contribution is -2.50. The van der Waals surface area contributed by atoms with E-state index in [9.17, 15) is 14.7 Å². The monoisotopic (exact) mass is 302 g/mol. The van der Waals surface area contributed by atoms with Gasteiger partial charge >= 0.3 is 0 Å². The van der Waals surface area contributed by atoms with E-state index in [0.29, 0.717) is 36.9 Å². The number of fused-ring (bicyclic) bond motifs is 6. The summed E-state index contributed by atoms with van der Waals surface area (Å²) in [5, 5.41) is 11.4. The Morgan fingerprint density at radius 3 is 2.68 bits per heavy atom. The molecule has 4 aliphatic rings. The van der Waals surface area contributed by atoms with Gasteiger partial charge in [-0.3, -0.25) is 9.59 Å². The Bertz CT molecular complexity index is 563. The van der Waals surface area contributed by atoms with Crippen molar-refractivity contribution in [2.24, 2.45) is 23.2 Å². The van der Waals surface area contributed by atoms with Crippen molar-refractivity contribution in [3.63, 3.8) is 0 Å². The van der Waals surface area contributed by atoms with E-state index in [2.05, 4.69) is 6.92 Å². The van der Waals surface area contributed by atoms with Crippen molar-refractivity contribution in [3.8, 4) is 0 Å². The van der Waals surface area contributed by atoms with Gasteiger partial charge < -0.3 is 5.11 Å². The molecule has 0 saturated heterocycles. The highest BCUT2D eigenvalue weighted by atomic mass is 16.3. The fourth-order valence-corrected chi connectivity index (χ4v) is 6.13. The number of carbonyl (C=O) groups excluding carboxylic acids is 2. The Hall–Kier alpha value is -0.960. The van der Waals surface area contributed by atoms with Crippen LogP contribution in [0.25, 0.3) is 0 Å². The molecule has 0 amide bonds. The van der Waals surface area contributed by atoms with Crippen LogP contribution in [-0.2, 0) is 9.59 Å². The number of rotatable bonds is 0. The summed E-state index contributed by atoms with van der Waals surface area (Å²) in [5.74, 6) is 1.80. The van der Waals surface area contributed by atoms with Crippen molar-refractivity contribution in [2.45, 2.75) is 70.3 Å². The summed E-state index contributed by atoms with van der Waals surface area (Å²) in [6.45, 7) is 2.17. The highest BCUT2D eigenvalue weighted by Crippen LogP contribution is 2.60. The van der Waals surface area contributed by atoms with Gasteiger partial charge in [0.05, 0.1) is 5.60 Å². The van der Waals surface area contributed by atoms with Crippen molar-refractivity contribution >= 4 is 11.6 Å². The van der Waals surface area contributed by atoms with Gasteiger partial charge in [0, 0.05) is 18.3 Å². The Kier molecular flexibility index (Phi) is 3.17. The second-order valence-electron chi connectivity index (χ2n) is 8.38. The molecule has 4 aliphatic carbocycles. The van der Waals surface area contributed by atoms with E-state index < -0.39 is 5.60 Å². The van der Waals surface area contributed by atoms with Gasteiger partial charge in [-0.1, -0.05) is 12.5 Å². The van der Waals surface area contributed by atoms with Crippen LogP contribution in [-0.4, -0.2) is 22.3 Å². The number of hydrogen-bond donors (Lipinski definition) is 1. The van der Waals surface area contributed by atoms with Crippen molar-refractivity contribution in [3.05, 3.63) is 11.6 Å². The van der Waals surface area contributed by atoms with Crippen molar-refractivity contribution in [1.29, 1.82) is 0 Å². The lowest BCUT2D eigenvalue weighted by Gasteiger charge is -2.50. The molecular formula is C19H26O3. The van der Waals surface area contributed by atoms with Crippen LogP contribution in [0.15, 0.2) is 11.6 Å². The number of allylic oxidation sites excluding steroid dienone is 1. The van der Waals surface area contributed by atoms with E-state index in [1.54, 1.807) is 6.08 Å². The second-order valence-corrected chi connectivity index (χ2v) is 8.38. The molecule has 0 aromatic rings. The maximum absolute atomic E-state index is 12.4. The Morgan fingerprint density at radius 1 is 1.05 bits per heavy atom. The maximum atomic E-state index is 12.4. The quantitative estimate of drug-likeness (QED) is 0.747. The average molecular weight is 302 g/mol. The number of hydrogen-bond acceptors (Lipinski definition) is 3. The maximum Gasteiger partial charge on any atom is 0.155 e. The van der Waals surface area contributed by atoms with Crippen LogP contribution < -0.4 is 0 Å². The third kappa shape index (κ3) is 1.97. The fourth-order valence-electron chi connectivity index (χ4n) is 6.13. The first-order chi connectivity index (χ1) is 10.4. The van der Waals surface area contributed by atoms with Gasteiger partial charge in [0.15, 0.2) is 5.78 Å². The van der Waals surface area contributed by atoms with E-state index in [0.717, 1.165) is 44.1 Å². The zero-order valence-electron chi connectivity index (χ0n) is 13.4. The SMILES string of the molecule is C[C@]12CC[C@H]3[C@@H](CCC4=CC(=O)CC[C@@]3(O)C4)[C@@H]1CCC2=O. The molecule has 2 bridgehead atoms. The van der Waals surface area contributed by atoms with Crippen LogP contribution in [0.2, 0.25) is 0 Å². The van der Waals surface area contributed by atoms with Crippen LogP contribution >= 0.6 is 0 Å². The summed E-state index contributed by atoms with van der Waals surface area (Å²) in [7, 11) is 0. The zero-order chi connectivity index (χ0) is 15.5. The van der Waals surface area contributed by atoms with Gasteiger partial charge in [0.1, 0.15) is 5.78 Å². The topological polar surface area (TPSA) is 54.4 Å².